The average Bonchev–Trinajstić information content (AvgIpc) is 2.71. The normalized spacial score (nSPS) is 34.6. The SMILES string of the molecule is COC(=O)C1CC(O)CN1C(=O)C1CC1(C)C. The van der Waals surface area contributed by atoms with Crippen LogP contribution in [0, 0.1) is 11.3 Å². The summed E-state index contributed by atoms with van der Waals surface area (Å²) in [4.78, 5) is 25.2. The van der Waals surface area contributed by atoms with Gasteiger partial charge in [-0.1, -0.05) is 13.8 Å². The van der Waals surface area contributed by atoms with Gasteiger partial charge in [0, 0.05) is 18.9 Å². The number of carbonyl (C=O) groups excluding carboxylic acids is 2. The number of carbonyl (C=O) groups is 2. The summed E-state index contributed by atoms with van der Waals surface area (Å²) >= 11 is 0. The van der Waals surface area contributed by atoms with Crippen molar-refractivity contribution in [1.29, 1.82) is 0 Å². The van der Waals surface area contributed by atoms with E-state index in [0.717, 1.165) is 6.42 Å². The summed E-state index contributed by atoms with van der Waals surface area (Å²) in [5.41, 5.74) is 0.0330. The standard InChI is InChI=1S/C12H19NO4/c1-12(2)5-8(12)10(15)13-6-7(14)4-9(13)11(16)17-3/h7-9,14H,4-6H2,1-3H3. The van der Waals surface area contributed by atoms with Crippen LogP contribution in [0.15, 0.2) is 0 Å². The molecule has 1 aliphatic carbocycles. The average molecular weight is 241 g/mol. The molecule has 0 radical (unpaired) electrons. The van der Waals surface area contributed by atoms with Crippen molar-refractivity contribution < 1.29 is 19.4 Å². The maximum atomic E-state index is 12.2. The van der Waals surface area contributed by atoms with Crippen molar-refractivity contribution in [2.24, 2.45) is 11.3 Å². The summed E-state index contributed by atoms with van der Waals surface area (Å²) in [6.45, 7) is 4.32. The maximum absolute atomic E-state index is 12.2. The highest BCUT2D eigenvalue weighted by Gasteiger charge is 2.54. The Morgan fingerprint density at radius 3 is 2.47 bits per heavy atom. The molecule has 5 nitrogen and oxygen atoms in total. The van der Waals surface area contributed by atoms with Crippen molar-refractivity contribution in [3.05, 3.63) is 0 Å². The molecule has 0 spiro atoms. The van der Waals surface area contributed by atoms with Crippen molar-refractivity contribution in [3.63, 3.8) is 0 Å². The summed E-state index contributed by atoms with van der Waals surface area (Å²) < 4.78 is 4.67. The van der Waals surface area contributed by atoms with Crippen LogP contribution >= 0.6 is 0 Å². The number of hydrogen-bond acceptors (Lipinski definition) is 4. The Hall–Kier alpha value is -1.10. The molecule has 0 aromatic carbocycles. The molecule has 1 heterocycles. The Bertz CT molecular complexity index is 352. The summed E-state index contributed by atoms with van der Waals surface area (Å²) in [5.74, 6) is -0.477. The highest BCUT2D eigenvalue weighted by Crippen LogP contribution is 2.53. The Morgan fingerprint density at radius 2 is 2.00 bits per heavy atom. The predicted octanol–water partition coefficient (Wildman–Crippen LogP) is 0.167. The number of rotatable bonds is 2. The second-order valence-electron chi connectivity index (χ2n) is 5.66. The molecule has 1 saturated heterocycles. The Labute approximate surface area is 101 Å². The van der Waals surface area contributed by atoms with Crippen molar-refractivity contribution in [1.82, 2.24) is 4.90 Å². The number of methoxy groups -OCH3 is 1. The number of esters is 1. The van der Waals surface area contributed by atoms with E-state index in [2.05, 4.69) is 4.74 Å². The molecule has 3 unspecified atom stereocenters. The van der Waals surface area contributed by atoms with E-state index < -0.39 is 18.1 Å². The first-order valence-electron chi connectivity index (χ1n) is 5.93. The molecule has 17 heavy (non-hydrogen) atoms. The predicted molar refractivity (Wildman–Crippen MR) is 60.0 cm³/mol. The molecule has 3 atom stereocenters. The van der Waals surface area contributed by atoms with Gasteiger partial charge in [-0.15, -0.1) is 0 Å². The third-order valence-corrected chi connectivity index (χ3v) is 3.85. The van der Waals surface area contributed by atoms with Crippen LogP contribution in [-0.4, -0.2) is 47.7 Å². The molecular formula is C12H19NO4. The fourth-order valence-electron chi connectivity index (χ4n) is 2.51. The molecule has 2 aliphatic rings. The largest absolute Gasteiger partial charge is 0.467 e. The number of aliphatic hydroxyl groups is 1. The molecule has 0 bridgehead atoms. The van der Waals surface area contributed by atoms with Crippen LogP contribution in [0.2, 0.25) is 0 Å². The second kappa shape index (κ2) is 3.98. The van der Waals surface area contributed by atoms with Gasteiger partial charge in [-0.3, -0.25) is 4.79 Å². The Balaban J connectivity index is 2.08. The molecule has 5 heteroatoms. The van der Waals surface area contributed by atoms with Crippen LogP contribution in [-0.2, 0) is 14.3 Å². The lowest BCUT2D eigenvalue weighted by molar-refractivity contribution is -0.151. The van der Waals surface area contributed by atoms with Crippen LogP contribution in [0.5, 0.6) is 0 Å². The first kappa shape index (κ1) is 12.4. The van der Waals surface area contributed by atoms with Crippen LogP contribution in [0.1, 0.15) is 26.7 Å². The van der Waals surface area contributed by atoms with E-state index in [0.29, 0.717) is 0 Å². The molecule has 1 amide bonds. The van der Waals surface area contributed by atoms with Crippen molar-refractivity contribution in [3.8, 4) is 0 Å². The topological polar surface area (TPSA) is 66.8 Å². The van der Waals surface area contributed by atoms with E-state index in [9.17, 15) is 14.7 Å². The van der Waals surface area contributed by atoms with Gasteiger partial charge in [-0.2, -0.15) is 0 Å². The van der Waals surface area contributed by atoms with E-state index in [-0.39, 0.29) is 30.2 Å². The van der Waals surface area contributed by atoms with Crippen LogP contribution in [0.3, 0.4) is 0 Å². The number of aliphatic hydroxyl groups excluding tert-OH is 1. The number of nitrogens with zero attached hydrogens (tertiary/aromatic N) is 1. The molecule has 1 saturated carbocycles. The summed E-state index contributed by atoms with van der Waals surface area (Å²) in [6.07, 6.45) is 0.516. The van der Waals surface area contributed by atoms with Crippen molar-refractivity contribution in [2.45, 2.75) is 38.8 Å². The van der Waals surface area contributed by atoms with Crippen molar-refractivity contribution in [2.75, 3.05) is 13.7 Å². The molecular weight excluding hydrogens is 222 g/mol. The Kier molecular flexibility index (Phi) is 2.89. The van der Waals surface area contributed by atoms with E-state index in [4.69, 9.17) is 0 Å². The lowest BCUT2D eigenvalue weighted by atomic mass is 10.1. The van der Waals surface area contributed by atoms with Gasteiger partial charge < -0.3 is 14.7 Å². The fourth-order valence-corrected chi connectivity index (χ4v) is 2.51. The number of ether oxygens (including phenoxy) is 1. The number of β-amino-alcohol motifs (C(OH)–C–C–N with tert-alkyl or cyclic N) is 1. The summed E-state index contributed by atoms with van der Waals surface area (Å²) in [5, 5.41) is 9.59. The van der Waals surface area contributed by atoms with Crippen LogP contribution in [0.25, 0.3) is 0 Å². The molecule has 1 N–H and O–H groups in total. The van der Waals surface area contributed by atoms with Gasteiger partial charge in [0.1, 0.15) is 6.04 Å². The lowest BCUT2D eigenvalue weighted by Crippen LogP contribution is -2.42. The fraction of sp³-hybridized carbons (Fsp3) is 0.833. The van der Waals surface area contributed by atoms with Gasteiger partial charge in [0.15, 0.2) is 0 Å². The van der Waals surface area contributed by atoms with E-state index >= 15 is 0 Å². The maximum Gasteiger partial charge on any atom is 0.328 e. The van der Waals surface area contributed by atoms with Gasteiger partial charge in [0.05, 0.1) is 13.2 Å². The first-order valence-corrected chi connectivity index (χ1v) is 5.93. The molecule has 1 aliphatic heterocycles. The molecule has 0 aromatic heterocycles. The van der Waals surface area contributed by atoms with Gasteiger partial charge in [-0.25, -0.2) is 4.79 Å². The zero-order valence-corrected chi connectivity index (χ0v) is 10.5. The first-order chi connectivity index (χ1) is 7.86. The molecule has 96 valence electrons. The van der Waals surface area contributed by atoms with E-state index in [1.807, 2.05) is 13.8 Å². The van der Waals surface area contributed by atoms with Crippen LogP contribution in [0.4, 0.5) is 0 Å². The third-order valence-electron chi connectivity index (χ3n) is 3.85. The van der Waals surface area contributed by atoms with Crippen LogP contribution < -0.4 is 0 Å². The van der Waals surface area contributed by atoms with E-state index in [1.54, 1.807) is 0 Å². The van der Waals surface area contributed by atoms with Gasteiger partial charge in [0.25, 0.3) is 0 Å². The smallest absolute Gasteiger partial charge is 0.328 e. The second-order valence-corrected chi connectivity index (χ2v) is 5.66. The highest BCUT2D eigenvalue weighted by atomic mass is 16.5. The minimum absolute atomic E-state index is 0.0139. The quantitative estimate of drug-likeness (QED) is 0.700. The minimum atomic E-state index is -0.620. The number of hydrogen-bond donors (Lipinski definition) is 1. The number of amides is 1. The monoisotopic (exact) mass is 241 g/mol. The van der Waals surface area contributed by atoms with Crippen molar-refractivity contribution >= 4 is 11.9 Å². The van der Waals surface area contributed by atoms with Gasteiger partial charge in [0.2, 0.25) is 5.91 Å². The van der Waals surface area contributed by atoms with Gasteiger partial charge in [-0.05, 0) is 11.8 Å². The zero-order chi connectivity index (χ0) is 12.8. The summed E-state index contributed by atoms with van der Waals surface area (Å²) in [6, 6.07) is -0.612. The third kappa shape index (κ3) is 2.16. The Morgan fingerprint density at radius 1 is 1.41 bits per heavy atom. The zero-order valence-electron chi connectivity index (χ0n) is 10.5. The molecule has 2 rings (SSSR count). The van der Waals surface area contributed by atoms with E-state index in [1.165, 1.54) is 12.0 Å². The summed E-state index contributed by atoms with van der Waals surface area (Å²) in [7, 11) is 1.30. The number of likely N-dealkylation sites (tertiary alicyclic amines) is 1. The minimum Gasteiger partial charge on any atom is -0.467 e. The molecule has 2 fully saturated rings. The molecule has 0 aromatic rings. The lowest BCUT2D eigenvalue weighted by Gasteiger charge is -2.23. The highest BCUT2D eigenvalue weighted by molar-refractivity contribution is 5.88. The van der Waals surface area contributed by atoms with Gasteiger partial charge >= 0.3 is 5.97 Å².